The van der Waals surface area contributed by atoms with Crippen LogP contribution in [-0.4, -0.2) is 41.3 Å². The van der Waals surface area contributed by atoms with Gasteiger partial charge in [-0.3, -0.25) is 9.88 Å². The Hall–Kier alpha value is -1.69. The molecule has 0 radical (unpaired) electrons. The zero-order valence-electron chi connectivity index (χ0n) is 13.1. The Labute approximate surface area is 136 Å². The normalized spacial score (nSPS) is 27.9. The number of ether oxygens (including phenoxy) is 2. The highest BCUT2D eigenvalue weighted by Crippen LogP contribution is 2.33. The molecule has 1 aliphatic carbocycles. The molecule has 1 saturated carbocycles. The van der Waals surface area contributed by atoms with Crippen molar-refractivity contribution in [2.75, 3.05) is 13.2 Å². The first-order valence-corrected chi connectivity index (χ1v) is 8.29. The van der Waals surface area contributed by atoms with Crippen LogP contribution in [0.4, 0.5) is 0 Å². The Kier molecular flexibility index (Phi) is 4.41. The zero-order valence-corrected chi connectivity index (χ0v) is 13.1. The number of morpholine rings is 1. The smallest absolute Gasteiger partial charge is 0.117 e. The molecule has 1 aliphatic heterocycles. The second-order valence-corrected chi connectivity index (χ2v) is 6.24. The van der Waals surface area contributed by atoms with Gasteiger partial charge in [-0.25, -0.2) is 0 Å². The van der Waals surface area contributed by atoms with Crippen molar-refractivity contribution in [1.29, 1.82) is 0 Å². The molecule has 0 aromatic carbocycles. The van der Waals surface area contributed by atoms with Crippen molar-refractivity contribution in [1.82, 2.24) is 9.88 Å². The first-order chi connectivity index (χ1) is 11.4. The Morgan fingerprint density at radius 2 is 2.26 bits per heavy atom. The summed E-state index contributed by atoms with van der Waals surface area (Å²) in [5, 5.41) is 0. The van der Waals surface area contributed by atoms with E-state index in [1.54, 1.807) is 12.5 Å². The van der Waals surface area contributed by atoms with Gasteiger partial charge in [0.2, 0.25) is 0 Å². The zero-order chi connectivity index (χ0) is 15.5. The Morgan fingerprint density at radius 3 is 3.09 bits per heavy atom. The molecule has 0 unspecified atom stereocenters. The van der Waals surface area contributed by atoms with Crippen LogP contribution in [0.1, 0.15) is 24.2 Å². The largest absolute Gasteiger partial charge is 0.468 e. The van der Waals surface area contributed by atoms with E-state index in [-0.39, 0.29) is 12.2 Å². The number of hydrogen-bond donors (Lipinski definition) is 0. The van der Waals surface area contributed by atoms with E-state index in [1.807, 2.05) is 30.5 Å². The average molecular weight is 314 g/mol. The SMILES string of the molecule is c1cncc(CO[C@@H]2CC[C@@H]3[C@@H]2OCCN3Cc2ccco2)c1. The first kappa shape index (κ1) is 14.9. The van der Waals surface area contributed by atoms with Gasteiger partial charge in [-0.1, -0.05) is 6.07 Å². The number of nitrogens with zero attached hydrogens (tertiary/aromatic N) is 2. The number of hydrogen-bond acceptors (Lipinski definition) is 5. The molecule has 2 aromatic heterocycles. The maximum Gasteiger partial charge on any atom is 0.117 e. The molecule has 2 aromatic rings. The van der Waals surface area contributed by atoms with Crippen LogP contribution in [0, 0.1) is 0 Å². The van der Waals surface area contributed by atoms with Crippen LogP contribution in [0.2, 0.25) is 0 Å². The molecule has 3 heterocycles. The van der Waals surface area contributed by atoms with Crippen LogP contribution in [0.5, 0.6) is 0 Å². The molecule has 2 fully saturated rings. The molecule has 2 aliphatic rings. The van der Waals surface area contributed by atoms with Crippen LogP contribution >= 0.6 is 0 Å². The van der Waals surface area contributed by atoms with Crippen molar-refractivity contribution >= 4 is 0 Å². The summed E-state index contributed by atoms with van der Waals surface area (Å²) in [7, 11) is 0. The lowest BCUT2D eigenvalue weighted by atomic mass is 10.1. The fourth-order valence-corrected chi connectivity index (χ4v) is 3.66. The van der Waals surface area contributed by atoms with E-state index < -0.39 is 0 Å². The predicted molar refractivity (Wildman–Crippen MR) is 84.7 cm³/mol. The molecule has 0 N–H and O–H groups in total. The maximum atomic E-state index is 6.13. The lowest BCUT2D eigenvalue weighted by Crippen LogP contribution is -2.51. The fourth-order valence-electron chi connectivity index (χ4n) is 3.66. The molecule has 0 spiro atoms. The van der Waals surface area contributed by atoms with Gasteiger partial charge >= 0.3 is 0 Å². The molecule has 23 heavy (non-hydrogen) atoms. The minimum atomic E-state index is 0.162. The minimum Gasteiger partial charge on any atom is -0.468 e. The molecule has 0 amide bonds. The van der Waals surface area contributed by atoms with Gasteiger partial charge < -0.3 is 13.9 Å². The van der Waals surface area contributed by atoms with E-state index in [0.29, 0.717) is 12.6 Å². The summed E-state index contributed by atoms with van der Waals surface area (Å²) >= 11 is 0. The third-order valence-corrected chi connectivity index (χ3v) is 4.78. The van der Waals surface area contributed by atoms with Crippen LogP contribution < -0.4 is 0 Å². The highest BCUT2D eigenvalue weighted by Gasteiger charge is 2.43. The van der Waals surface area contributed by atoms with E-state index in [9.17, 15) is 0 Å². The summed E-state index contributed by atoms with van der Waals surface area (Å²) in [6, 6.07) is 8.40. The van der Waals surface area contributed by atoms with Gasteiger partial charge in [-0.15, -0.1) is 0 Å². The molecule has 122 valence electrons. The number of pyridine rings is 1. The number of furan rings is 1. The molecule has 3 atom stereocenters. The van der Waals surface area contributed by atoms with Gasteiger partial charge in [0.1, 0.15) is 5.76 Å². The van der Waals surface area contributed by atoms with Crippen molar-refractivity contribution in [3.8, 4) is 0 Å². The van der Waals surface area contributed by atoms with Gasteiger partial charge in [0.05, 0.1) is 38.2 Å². The molecule has 5 heteroatoms. The standard InChI is InChI=1S/C18H22N2O3/c1-3-14(11-19-7-1)13-23-17-6-5-16-18(17)22-10-8-20(16)12-15-4-2-9-21-15/h1-4,7,9,11,16-18H,5-6,8,10,12-13H2/t16-,17-,18+/m1/s1. The summed E-state index contributed by atoms with van der Waals surface area (Å²) in [5.41, 5.74) is 1.11. The van der Waals surface area contributed by atoms with Crippen LogP contribution in [0.3, 0.4) is 0 Å². The molecule has 1 saturated heterocycles. The van der Waals surface area contributed by atoms with E-state index in [0.717, 1.165) is 43.9 Å². The van der Waals surface area contributed by atoms with Crippen LogP contribution in [0.15, 0.2) is 47.3 Å². The third kappa shape index (κ3) is 3.32. The average Bonchev–Trinajstić information content (AvgIpc) is 3.24. The molecule has 4 rings (SSSR count). The van der Waals surface area contributed by atoms with Gasteiger partial charge in [-0.2, -0.15) is 0 Å². The predicted octanol–water partition coefficient (Wildman–Crippen LogP) is 2.62. The lowest BCUT2D eigenvalue weighted by molar-refractivity contribution is -0.119. The molecule has 0 bridgehead atoms. The van der Waals surface area contributed by atoms with Gasteiger partial charge in [0.25, 0.3) is 0 Å². The Balaban J connectivity index is 1.37. The Bertz CT molecular complexity index is 602. The minimum absolute atomic E-state index is 0.162. The van der Waals surface area contributed by atoms with Crippen molar-refractivity contribution in [2.24, 2.45) is 0 Å². The second-order valence-electron chi connectivity index (χ2n) is 6.24. The second kappa shape index (κ2) is 6.83. The summed E-state index contributed by atoms with van der Waals surface area (Å²) < 4.78 is 17.7. The number of fused-ring (bicyclic) bond motifs is 1. The maximum absolute atomic E-state index is 6.13. The molecule has 5 nitrogen and oxygen atoms in total. The fraction of sp³-hybridized carbons (Fsp3) is 0.500. The quantitative estimate of drug-likeness (QED) is 0.849. The highest BCUT2D eigenvalue weighted by molar-refractivity contribution is 5.07. The van der Waals surface area contributed by atoms with Crippen molar-refractivity contribution in [3.05, 3.63) is 54.2 Å². The monoisotopic (exact) mass is 314 g/mol. The van der Waals surface area contributed by atoms with Crippen molar-refractivity contribution in [2.45, 2.75) is 44.2 Å². The van der Waals surface area contributed by atoms with Gasteiger partial charge in [0, 0.05) is 25.0 Å². The van der Waals surface area contributed by atoms with Crippen LogP contribution in [-0.2, 0) is 22.6 Å². The summed E-state index contributed by atoms with van der Waals surface area (Å²) in [6.45, 7) is 3.17. The summed E-state index contributed by atoms with van der Waals surface area (Å²) in [4.78, 5) is 6.61. The highest BCUT2D eigenvalue weighted by atomic mass is 16.5. The number of rotatable bonds is 5. The molecular weight excluding hydrogens is 292 g/mol. The van der Waals surface area contributed by atoms with Crippen molar-refractivity contribution < 1.29 is 13.9 Å². The van der Waals surface area contributed by atoms with E-state index in [2.05, 4.69) is 9.88 Å². The van der Waals surface area contributed by atoms with E-state index >= 15 is 0 Å². The summed E-state index contributed by atoms with van der Waals surface area (Å²) in [5.74, 6) is 1.02. The summed E-state index contributed by atoms with van der Waals surface area (Å²) in [6.07, 6.45) is 7.87. The van der Waals surface area contributed by atoms with Gasteiger partial charge in [-0.05, 0) is 36.6 Å². The third-order valence-electron chi connectivity index (χ3n) is 4.78. The molecular formula is C18H22N2O3. The lowest BCUT2D eigenvalue weighted by Gasteiger charge is -2.38. The van der Waals surface area contributed by atoms with E-state index in [1.165, 1.54) is 0 Å². The number of aromatic nitrogens is 1. The van der Waals surface area contributed by atoms with E-state index in [4.69, 9.17) is 13.9 Å². The van der Waals surface area contributed by atoms with Crippen molar-refractivity contribution in [3.63, 3.8) is 0 Å². The topological polar surface area (TPSA) is 47.7 Å². The first-order valence-electron chi connectivity index (χ1n) is 8.29. The van der Waals surface area contributed by atoms with Gasteiger partial charge in [0.15, 0.2) is 0 Å². The Morgan fingerprint density at radius 1 is 1.26 bits per heavy atom. The van der Waals surface area contributed by atoms with Crippen LogP contribution in [0.25, 0.3) is 0 Å².